The number of benzene rings is 1. The summed E-state index contributed by atoms with van der Waals surface area (Å²) in [6, 6.07) is 2.86. The van der Waals surface area contributed by atoms with E-state index in [9.17, 15) is 9.90 Å². The van der Waals surface area contributed by atoms with Crippen LogP contribution in [-0.2, 0) is 6.61 Å². The van der Waals surface area contributed by atoms with Crippen molar-refractivity contribution in [1.29, 1.82) is 0 Å². The molecular weight excluding hydrogens is 184 g/mol. The average molecular weight is 196 g/mol. The minimum Gasteiger partial charge on any atom is -0.504 e. The fourth-order valence-corrected chi connectivity index (χ4v) is 1.14. The summed E-state index contributed by atoms with van der Waals surface area (Å²) in [5.41, 5.74) is 0.661. The zero-order valence-electron chi connectivity index (χ0n) is 7.86. The van der Waals surface area contributed by atoms with Gasteiger partial charge in [-0.3, -0.25) is 4.79 Å². The van der Waals surface area contributed by atoms with Gasteiger partial charge in [-0.2, -0.15) is 0 Å². The molecule has 0 fully saturated rings. The number of aromatic hydroxyl groups is 1. The predicted molar refractivity (Wildman–Crippen MR) is 50.6 cm³/mol. The molecule has 1 aromatic carbocycles. The lowest BCUT2D eigenvalue weighted by atomic mass is 10.1. The van der Waals surface area contributed by atoms with Gasteiger partial charge in [0.15, 0.2) is 11.5 Å². The Balaban J connectivity index is 3.19. The lowest BCUT2D eigenvalue weighted by Gasteiger charge is -2.09. The van der Waals surface area contributed by atoms with Crippen molar-refractivity contribution in [2.45, 2.75) is 13.5 Å². The van der Waals surface area contributed by atoms with Gasteiger partial charge in [-0.05, 0) is 19.1 Å². The zero-order valence-corrected chi connectivity index (χ0v) is 7.86. The first-order valence-corrected chi connectivity index (χ1v) is 4.27. The quantitative estimate of drug-likeness (QED) is 0.707. The Labute approximate surface area is 81.8 Å². The number of hydrogen-bond donors (Lipinski definition) is 2. The topological polar surface area (TPSA) is 66.8 Å². The van der Waals surface area contributed by atoms with E-state index in [0.717, 1.165) is 0 Å². The van der Waals surface area contributed by atoms with Gasteiger partial charge in [0, 0.05) is 11.1 Å². The summed E-state index contributed by atoms with van der Waals surface area (Å²) in [5, 5.41) is 18.4. The average Bonchev–Trinajstić information content (AvgIpc) is 2.21. The second-order valence-electron chi connectivity index (χ2n) is 2.74. The van der Waals surface area contributed by atoms with Crippen LogP contribution in [0.5, 0.6) is 11.5 Å². The molecule has 4 nitrogen and oxygen atoms in total. The highest BCUT2D eigenvalue weighted by Crippen LogP contribution is 2.31. The normalized spacial score (nSPS) is 9.86. The van der Waals surface area contributed by atoms with Crippen molar-refractivity contribution in [3.63, 3.8) is 0 Å². The smallest absolute Gasteiger partial charge is 0.163 e. The molecule has 0 radical (unpaired) electrons. The number of aliphatic hydroxyl groups is 1. The van der Waals surface area contributed by atoms with E-state index in [-0.39, 0.29) is 23.7 Å². The molecule has 0 bridgehead atoms. The van der Waals surface area contributed by atoms with E-state index in [1.165, 1.54) is 12.1 Å². The second-order valence-corrected chi connectivity index (χ2v) is 2.74. The van der Waals surface area contributed by atoms with Crippen molar-refractivity contribution < 1.29 is 19.7 Å². The number of carbonyl (C=O) groups is 1. The van der Waals surface area contributed by atoms with Crippen LogP contribution in [0.15, 0.2) is 12.1 Å². The molecule has 2 N–H and O–H groups in total. The molecule has 14 heavy (non-hydrogen) atoms. The van der Waals surface area contributed by atoms with Gasteiger partial charge < -0.3 is 14.9 Å². The third kappa shape index (κ3) is 2.03. The molecule has 0 atom stereocenters. The van der Waals surface area contributed by atoms with E-state index in [1.54, 1.807) is 6.92 Å². The van der Waals surface area contributed by atoms with Crippen LogP contribution in [0.3, 0.4) is 0 Å². The van der Waals surface area contributed by atoms with Gasteiger partial charge >= 0.3 is 0 Å². The summed E-state index contributed by atoms with van der Waals surface area (Å²) in [6.07, 6.45) is 0.640. The molecule has 0 spiro atoms. The Morgan fingerprint density at radius 2 is 2.21 bits per heavy atom. The molecule has 0 aromatic heterocycles. The minimum atomic E-state index is -0.326. The molecule has 0 aliphatic heterocycles. The molecule has 0 heterocycles. The molecular formula is C10H12O4. The van der Waals surface area contributed by atoms with Gasteiger partial charge in [0.2, 0.25) is 0 Å². The van der Waals surface area contributed by atoms with Crippen LogP contribution >= 0.6 is 0 Å². The molecule has 0 saturated heterocycles. The van der Waals surface area contributed by atoms with E-state index in [1.807, 2.05) is 0 Å². The van der Waals surface area contributed by atoms with Crippen LogP contribution in [0.2, 0.25) is 0 Å². The Morgan fingerprint density at radius 3 is 2.71 bits per heavy atom. The minimum absolute atomic E-state index is 0.111. The fourth-order valence-electron chi connectivity index (χ4n) is 1.14. The van der Waals surface area contributed by atoms with Crippen LogP contribution in [-0.4, -0.2) is 23.1 Å². The van der Waals surface area contributed by atoms with Crippen LogP contribution in [0.4, 0.5) is 0 Å². The van der Waals surface area contributed by atoms with Crippen molar-refractivity contribution in [2.75, 3.05) is 6.61 Å². The number of phenols is 1. The maximum Gasteiger partial charge on any atom is 0.163 e. The van der Waals surface area contributed by atoms with E-state index in [2.05, 4.69) is 0 Å². The van der Waals surface area contributed by atoms with Gasteiger partial charge in [-0.15, -0.1) is 0 Å². The predicted octanol–water partition coefficient (Wildman–Crippen LogP) is 1.10. The largest absolute Gasteiger partial charge is 0.504 e. The summed E-state index contributed by atoms with van der Waals surface area (Å²) in [5.74, 6) is 0.112. The van der Waals surface area contributed by atoms with Gasteiger partial charge in [0.25, 0.3) is 0 Å². The van der Waals surface area contributed by atoms with E-state index in [4.69, 9.17) is 9.84 Å². The van der Waals surface area contributed by atoms with Crippen molar-refractivity contribution in [2.24, 2.45) is 0 Å². The first kappa shape index (κ1) is 10.5. The van der Waals surface area contributed by atoms with Crippen molar-refractivity contribution in [3.8, 4) is 11.5 Å². The van der Waals surface area contributed by atoms with E-state index >= 15 is 0 Å². The Morgan fingerprint density at radius 1 is 1.50 bits per heavy atom. The lowest BCUT2D eigenvalue weighted by Crippen LogP contribution is -1.96. The maximum atomic E-state index is 10.5. The SMILES string of the molecule is CCOc1cc(C=O)cc(CO)c1O. The monoisotopic (exact) mass is 196 g/mol. The standard InChI is InChI=1S/C10H12O4/c1-2-14-9-4-7(5-11)3-8(6-12)10(9)13/h3-5,12-13H,2,6H2,1H3. The molecule has 0 aliphatic rings. The molecule has 0 unspecified atom stereocenters. The van der Waals surface area contributed by atoms with Crippen LogP contribution in [0, 0.1) is 0 Å². The Hall–Kier alpha value is -1.55. The number of hydrogen-bond acceptors (Lipinski definition) is 4. The van der Waals surface area contributed by atoms with Gasteiger partial charge in [0.1, 0.15) is 6.29 Å². The van der Waals surface area contributed by atoms with Crippen LogP contribution in [0.1, 0.15) is 22.8 Å². The highest BCUT2D eigenvalue weighted by Gasteiger charge is 2.09. The third-order valence-corrected chi connectivity index (χ3v) is 1.78. The van der Waals surface area contributed by atoms with Gasteiger partial charge in [-0.25, -0.2) is 0 Å². The summed E-state index contributed by atoms with van der Waals surface area (Å²) in [4.78, 5) is 10.5. The summed E-state index contributed by atoms with van der Waals surface area (Å²) in [7, 11) is 0. The number of aldehydes is 1. The number of carbonyl (C=O) groups excluding carboxylic acids is 1. The molecule has 4 heteroatoms. The van der Waals surface area contributed by atoms with Crippen molar-refractivity contribution in [1.82, 2.24) is 0 Å². The number of aliphatic hydroxyl groups excluding tert-OH is 1. The molecule has 76 valence electrons. The number of rotatable bonds is 4. The van der Waals surface area contributed by atoms with E-state index in [0.29, 0.717) is 18.5 Å². The second kappa shape index (κ2) is 4.62. The highest BCUT2D eigenvalue weighted by molar-refractivity contribution is 5.77. The number of ether oxygens (including phenoxy) is 1. The molecule has 0 amide bonds. The summed E-state index contributed by atoms with van der Waals surface area (Å²) in [6.45, 7) is 1.83. The summed E-state index contributed by atoms with van der Waals surface area (Å²) < 4.78 is 5.10. The first-order valence-electron chi connectivity index (χ1n) is 4.27. The van der Waals surface area contributed by atoms with Gasteiger partial charge in [0.05, 0.1) is 13.2 Å². The lowest BCUT2D eigenvalue weighted by molar-refractivity contribution is 0.112. The van der Waals surface area contributed by atoms with Crippen molar-refractivity contribution >= 4 is 6.29 Å². The maximum absolute atomic E-state index is 10.5. The Bertz CT molecular complexity index is 333. The molecule has 0 saturated carbocycles. The van der Waals surface area contributed by atoms with Crippen LogP contribution in [0.25, 0.3) is 0 Å². The van der Waals surface area contributed by atoms with E-state index < -0.39 is 0 Å². The summed E-state index contributed by atoms with van der Waals surface area (Å²) >= 11 is 0. The first-order chi connectivity index (χ1) is 6.72. The zero-order chi connectivity index (χ0) is 10.6. The highest BCUT2D eigenvalue weighted by atomic mass is 16.5. The fraction of sp³-hybridized carbons (Fsp3) is 0.300. The van der Waals surface area contributed by atoms with Crippen LogP contribution < -0.4 is 4.74 Å². The molecule has 1 aromatic rings. The Kier molecular flexibility index (Phi) is 3.48. The molecule has 1 rings (SSSR count). The molecule has 0 aliphatic carbocycles. The third-order valence-electron chi connectivity index (χ3n) is 1.78. The van der Waals surface area contributed by atoms with Gasteiger partial charge in [-0.1, -0.05) is 0 Å². The van der Waals surface area contributed by atoms with Crippen molar-refractivity contribution in [3.05, 3.63) is 23.3 Å².